The average Bonchev–Trinajstić information content (AvgIpc) is 3.01. The zero-order valence-corrected chi connectivity index (χ0v) is 19.2. The zero-order valence-electron chi connectivity index (χ0n) is 19.2. The van der Waals surface area contributed by atoms with E-state index in [9.17, 15) is 5.11 Å². The van der Waals surface area contributed by atoms with Gasteiger partial charge in [-0.1, -0.05) is 41.0 Å². The zero-order chi connectivity index (χ0) is 20.2. The summed E-state index contributed by atoms with van der Waals surface area (Å²) in [5, 5.41) is 10.8. The van der Waals surface area contributed by atoms with Crippen molar-refractivity contribution in [3.63, 3.8) is 0 Å². The SMILES string of the molecule is CC1(C)C(O)CCC2(C)C1CCC1(C)C2CCC2[C@H]3CCCC3(N)CC[C@]21C. The van der Waals surface area contributed by atoms with Crippen LogP contribution in [0.3, 0.4) is 0 Å². The standard InChI is InChI=1S/C26H45NO/c1-22(2)19-10-14-25(5)20(23(19,3)13-11-21(22)28)9-8-17-18-7-6-12-26(18,27)16-15-24(17,25)4/h17-21,28H,6-16,27H2,1-5H3/t17?,18-,19?,20?,21?,23?,24-,25?,26?/m1/s1. The van der Waals surface area contributed by atoms with Gasteiger partial charge in [0.25, 0.3) is 0 Å². The molecule has 0 bridgehead atoms. The highest BCUT2D eigenvalue weighted by Crippen LogP contribution is 2.75. The van der Waals surface area contributed by atoms with E-state index >= 15 is 0 Å². The van der Waals surface area contributed by atoms with Crippen molar-refractivity contribution in [3.05, 3.63) is 0 Å². The number of aliphatic hydroxyl groups excluding tert-OH is 1. The molecule has 5 fully saturated rings. The van der Waals surface area contributed by atoms with Gasteiger partial charge in [0, 0.05) is 5.54 Å². The lowest BCUT2D eigenvalue weighted by molar-refractivity contribution is -0.240. The molecular weight excluding hydrogens is 342 g/mol. The number of nitrogens with two attached hydrogens (primary N) is 1. The van der Waals surface area contributed by atoms with Crippen LogP contribution in [0.2, 0.25) is 0 Å². The topological polar surface area (TPSA) is 46.2 Å². The Morgan fingerprint density at radius 2 is 1.43 bits per heavy atom. The first-order valence-corrected chi connectivity index (χ1v) is 12.5. The molecule has 5 aliphatic rings. The normalized spacial score (nSPS) is 60.3. The maximum Gasteiger partial charge on any atom is 0.0594 e. The molecule has 2 heteroatoms. The minimum atomic E-state index is -0.118. The number of fused-ring (bicyclic) bond motifs is 7. The Hall–Kier alpha value is -0.0800. The van der Waals surface area contributed by atoms with Crippen molar-refractivity contribution < 1.29 is 5.11 Å². The van der Waals surface area contributed by atoms with Crippen LogP contribution in [-0.2, 0) is 0 Å². The highest BCUT2D eigenvalue weighted by Gasteiger charge is 2.69. The lowest BCUT2D eigenvalue weighted by Crippen LogP contribution is -2.67. The van der Waals surface area contributed by atoms with Crippen LogP contribution in [0.1, 0.15) is 105 Å². The van der Waals surface area contributed by atoms with Gasteiger partial charge >= 0.3 is 0 Å². The molecule has 2 nitrogen and oxygen atoms in total. The minimum Gasteiger partial charge on any atom is -0.393 e. The van der Waals surface area contributed by atoms with E-state index in [2.05, 4.69) is 34.6 Å². The molecule has 0 heterocycles. The first-order chi connectivity index (χ1) is 13.0. The van der Waals surface area contributed by atoms with Gasteiger partial charge in [-0.2, -0.15) is 0 Å². The summed E-state index contributed by atoms with van der Waals surface area (Å²) in [4.78, 5) is 0. The second-order valence-corrected chi connectivity index (χ2v) is 13.3. The number of aliphatic hydroxyl groups is 1. The Kier molecular flexibility index (Phi) is 4.10. The summed E-state index contributed by atoms with van der Waals surface area (Å²) >= 11 is 0. The molecule has 0 aliphatic heterocycles. The van der Waals surface area contributed by atoms with E-state index in [-0.39, 0.29) is 17.1 Å². The highest BCUT2D eigenvalue weighted by molar-refractivity contribution is 5.19. The molecule has 28 heavy (non-hydrogen) atoms. The van der Waals surface area contributed by atoms with E-state index in [1.165, 1.54) is 64.2 Å². The third-order valence-corrected chi connectivity index (χ3v) is 12.4. The molecule has 0 aromatic rings. The van der Waals surface area contributed by atoms with Gasteiger partial charge in [0.1, 0.15) is 0 Å². The van der Waals surface area contributed by atoms with Gasteiger partial charge in [-0.3, -0.25) is 0 Å². The van der Waals surface area contributed by atoms with Gasteiger partial charge in [0.2, 0.25) is 0 Å². The number of hydrogen-bond donors (Lipinski definition) is 2. The quantitative estimate of drug-likeness (QED) is 0.542. The van der Waals surface area contributed by atoms with Crippen LogP contribution in [0, 0.1) is 45.3 Å². The molecule has 160 valence electrons. The summed E-state index contributed by atoms with van der Waals surface area (Å²) in [6, 6.07) is 0. The Morgan fingerprint density at radius 3 is 2.18 bits per heavy atom. The minimum absolute atomic E-state index is 0.0660. The van der Waals surface area contributed by atoms with E-state index in [1.807, 2.05) is 0 Å². The van der Waals surface area contributed by atoms with Gasteiger partial charge in [0.15, 0.2) is 0 Å². The second-order valence-electron chi connectivity index (χ2n) is 13.3. The maximum absolute atomic E-state index is 10.8. The first-order valence-electron chi connectivity index (χ1n) is 12.5. The van der Waals surface area contributed by atoms with E-state index < -0.39 is 0 Å². The summed E-state index contributed by atoms with van der Waals surface area (Å²) in [6.07, 6.45) is 14.2. The van der Waals surface area contributed by atoms with Crippen molar-refractivity contribution in [1.29, 1.82) is 0 Å². The Labute approximate surface area is 173 Å². The third-order valence-electron chi connectivity index (χ3n) is 12.4. The van der Waals surface area contributed by atoms with Crippen LogP contribution in [0.25, 0.3) is 0 Å². The molecule has 0 radical (unpaired) electrons. The lowest BCUT2D eigenvalue weighted by Gasteiger charge is -2.72. The highest BCUT2D eigenvalue weighted by atomic mass is 16.3. The third kappa shape index (κ3) is 2.18. The van der Waals surface area contributed by atoms with Gasteiger partial charge in [-0.15, -0.1) is 0 Å². The molecule has 9 atom stereocenters. The average molecular weight is 388 g/mol. The molecule has 5 aliphatic carbocycles. The Balaban J connectivity index is 1.53. The predicted molar refractivity (Wildman–Crippen MR) is 116 cm³/mol. The molecule has 0 saturated heterocycles. The van der Waals surface area contributed by atoms with Gasteiger partial charge in [0.05, 0.1) is 6.10 Å². The molecule has 0 spiro atoms. The lowest BCUT2D eigenvalue weighted by atomic mass is 9.33. The van der Waals surface area contributed by atoms with Gasteiger partial charge in [-0.25, -0.2) is 0 Å². The molecule has 3 N–H and O–H groups in total. The van der Waals surface area contributed by atoms with Crippen LogP contribution in [-0.4, -0.2) is 16.7 Å². The van der Waals surface area contributed by atoms with Crippen molar-refractivity contribution in [1.82, 2.24) is 0 Å². The number of rotatable bonds is 0. The largest absolute Gasteiger partial charge is 0.393 e. The molecule has 0 aromatic carbocycles. The van der Waals surface area contributed by atoms with Crippen molar-refractivity contribution in [2.24, 2.45) is 51.1 Å². The monoisotopic (exact) mass is 387 g/mol. The smallest absolute Gasteiger partial charge is 0.0594 e. The van der Waals surface area contributed by atoms with Crippen LogP contribution in [0.15, 0.2) is 0 Å². The summed E-state index contributed by atoms with van der Waals surface area (Å²) < 4.78 is 0. The fourth-order valence-corrected chi connectivity index (χ4v) is 10.6. The van der Waals surface area contributed by atoms with E-state index in [1.54, 1.807) is 0 Å². The molecule has 0 aromatic heterocycles. The summed E-state index contributed by atoms with van der Waals surface area (Å²) in [5.41, 5.74) is 8.53. The van der Waals surface area contributed by atoms with Crippen molar-refractivity contribution in [2.45, 2.75) is 117 Å². The van der Waals surface area contributed by atoms with Gasteiger partial charge in [-0.05, 0) is 110 Å². The van der Waals surface area contributed by atoms with E-state index in [4.69, 9.17) is 5.73 Å². The fourth-order valence-electron chi connectivity index (χ4n) is 10.6. The molecule has 7 unspecified atom stereocenters. The van der Waals surface area contributed by atoms with Gasteiger partial charge < -0.3 is 10.8 Å². The Bertz CT molecular complexity index is 659. The maximum atomic E-state index is 10.8. The van der Waals surface area contributed by atoms with Crippen LogP contribution >= 0.6 is 0 Å². The van der Waals surface area contributed by atoms with Crippen molar-refractivity contribution in [3.8, 4) is 0 Å². The van der Waals surface area contributed by atoms with Crippen LogP contribution in [0.5, 0.6) is 0 Å². The van der Waals surface area contributed by atoms with E-state index in [0.29, 0.717) is 22.2 Å². The fraction of sp³-hybridized carbons (Fsp3) is 1.00. The molecule has 5 rings (SSSR count). The Morgan fingerprint density at radius 1 is 0.679 bits per heavy atom. The predicted octanol–water partition coefficient (Wildman–Crippen LogP) is 5.91. The molecular formula is C26H45NO. The summed E-state index contributed by atoms with van der Waals surface area (Å²) in [5.74, 6) is 3.11. The summed E-state index contributed by atoms with van der Waals surface area (Å²) in [6.45, 7) is 12.7. The van der Waals surface area contributed by atoms with Crippen molar-refractivity contribution >= 4 is 0 Å². The van der Waals surface area contributed by atoms with Crippen LogP contribution in [0.4, 0.5) is 0 Å². The van der Waals surface area contributed by atoms with Crippen LogP contribution < -0.4 is 5.73 Å². The number of hydrogen-bond acceptors (Lipinski definition) is 2. The summed E-state index contributed by atoms with van der Waals surface area (Å²) in [7, 11) is 0. The molecule has 5 saturated carbocycles. The second kappa shape index (κ2) is 5.78. The first kappa shape index (κ1) is 19.9. The van der Waals surface area contributed by atoms with E-state index in [0.717, 1.165) is 24.2 Å². The van der Waals surface area contributed by atoms with Crippen molar-refractivity contribution in [2.75, 3.05) is 0 Å². The molecule has 0 amide bonds.